The van der Waals surface area contributed by atoms with E-state index in [0.717, 1.165) is 42.8 Å². The number of aromatic nitrogens is 5. The van der Waals surface area contributed by atoms with E-state index in [9.17, 15) is 9.18 Å². The summed E-state index contributed by atoms with van der Waals surface area (Å²) in [7, 11) is 1.93. The van der Waals surface area contributed by atoms with Crippen molar-refractivity contribution in [2.24, 2.45) is 7.05 Å². The fourth-order valence-electron chi connectivity index (χ4n) is 4.05. The highest BCUT2D eigenvalue weighted by atomic mass is 19.1. The molecule has 3 aromatic rings. The standard InChI is InChI=1S/C21H25FN6O/c1-13-17(14(2)27(3)26-13)10-11-23-21(29)18-5-4-12-28-19(24-25-20(18)28)15-6-8-16(22)9-7-15/h6-9,18H,4-5,10-12H2,1-3H3,(H,23,29). The number of hydrogen-bond donors (Lipinski definition) is 1. The second-order valence-electron chi connectivity index (χ2n) is 7.55. The Morgan fingerprint density at radius 1 is 1.24 bits per heavy atom. The van der Waals surface area contributed by atoms with Crippen molar-refractivity contribution >= 4 is 5.91 Å². The molecule has 4 rings (SSSR count). The Labute approximate surface area is 169 Å². The summed E-state index contributed by atoms with van der Waals surface area (Å²) in [6.45, 7) is 5.34. The molecule has 8 heteroatoms. The lowest BCUT2D eigenvalue weighted by Gasteiger charge is -2.23. The van der Waals surface area contributed by atoms with Crippen LogP contribution in [0, 0.1) is 19.7 Å². The minimum absolute atomic E-state index is 0.0248. The molecule has 0 saturated heterocycles. The first-order chi connectivity index (χ1) is 14.0. The van der Waals surface area contributed by atoms with Gasteiger partial charge in [-0.1, -0.05) is 0 Å². The third kappa shape index (κ3) is 3.66. The number of nitrogens with one attached hydrogen (secondary N) is 1. The van der Waals surface area contributed by atoms with Gasteiger partial charge in [-0.25, -0.2) is 4.39 Å². The highest BCUT2D eigenvalue weighted by molar-refractivity contribution is 5.83. The molecule has 152 valence electrons. The summed E-state index contributed by atoms with van der Waals surface area (Å²) in [5.41, 5.74) is 4.10. The van der Waals surface area contributed by atoms with E-state index in [1.165, 1.54) is 17.7 Å². The van der Waals surface area contributed by atoms with Gasteiger partial charge in [0.05, 0.1) is 11.6 Å². The maximum absolute atomic E-state index is 13.2. The molecule has 1 amide bonds. The van der Waals surface area contributed by atoms with Gasteiger partial charge in [-0.2, -0.15) is 5.10 Å². The lowest BCUT2D eigenvalue weighted by atomic mass is 9.97. The fourth-order valence-corrected chi connectivity index (χ4v) is 4.05. The van der Waals surface area contributed by atoms with Crippen LogP contribution in [0.3, 0.4) is 0 Å². The van der Waals surface area contributed by atoms with Gasteiger partial charge in [0.25, 0.3) is 0 Å². The molecule has 1 aliphatic rings. The highest BCUT2D eigenvalue weighted by Crippen LogP contribution is 2.30. The molecule has 1 aromatic carbocycles. The van der Waals surface area contributed by atoms with Gasteiger partial charge in [0.2, 0.25) is 5.91 Å². The zero-order valence-electron chi connectivity index (χ0n) is 16.9. The number of amides is 1. The second kappa shape index (κ2) is 7.77. The van der Waals surface area contributed by atoms with Crippen LogP contribution in [-0.4, -0.2) is 37.0 Å². The Bertz CT molecular complexity index is 1040. The smallest absolute Gasteiger partial charge is 0.230 e. The van der Waals surface area contributed by atoms with Crippen molar-refractivity contribution in [1.82, 2.24) is 29.9 Å². The largest absolute Gasteiger partial charge is 0.355 e. The zero-order valence-corrected chi connectivity index (χ0v) is 16.9. The molecule has 7 nitrogen and oxygen atoms in total. The van der Waals surface area contributed by atoms with E-state index in [1.54, 1.807) is 12.1 Å². The summed E-state index contributed by atoms with van der Waals surface area (Å²) in [5.74, 6) is 0.731. The Kier molecular flexibility index (Phi) is 5.17. The van der Waals surface area contributed by atoms with Crippen LogP contribution in [0.25, 0.3) is 11.4 Å². The number of nitrogens with zero attached hydrogens (tertiary/aromatic N) is 5. The zero-order chi connectivity index (χ0) is 20.5. The van der Waals surface area contributed by atoms with Crippen molar-refractivity contribution in [2.75, 3.05) is 6.54 Å². The Morgan fingerprint density at radius 3 is 2.69 bits per heavy atom. The van der Waals surface area contributed by atoms with Crippen LogP contribution in [0.4, 0.5) is 4.39 Å². The Hall–Kier alpha value is -3.03. The molecule has 0 spiro atoms. The lowest BCUT2D eigenvalue weighted by molar-refractivity contribution is -0.123. The Balaban J connectivity index is 1.46. The first-order valence-corrected chi connectivity index (χ1v) is 9.91. The molecule has 1 atom stereocenters. The van der Waals surface area contributed by atoms with E-state index in [-0.39, 0.29) is 17.6 Å². The maximum atomic E-state index is 13.2. The maximum Gasteiger partial charge on any atom is 0.230 e. The van der Waals surface area contributed by atoms with Gasteiger partial charge in [-0.15, -0.1) is 10.2 Å². The van der Waals surface area contributed by atoms with Gasteiger partial charge in [-0.3, -0.25) is 9.48 Å². The molecule has 2 aromatic heterocycles. The van der Waals surface area contributed by atoms with Crippen LogP contribution in [0.1, 0.15) is 41.5 Å². The van der Waals surface area contributed by atoms with Crippen LogP contribution < -0.4 is 5.32 Å². The first kappa shape index (κ1) is 19.3. The van der Waals surface area contributed by atoms with Crippen molar-refractivity contribution in [3.05, 3.63) is 52.9 Å². The topological polar surface area (TPSA) is 77.6 Å². The van der Waals surface area contributed by atoms with Crippen molar-refractivity contribution in [2.45, 2.75) is 45.6 Å². The minimum atomic E-state index is -0.318. The van der Waals surface area contributed by atoms with Crippen LogP contribution in [0.15, 0.2) is 24.3 Å². The van der Waals surface area contributed by atoms with Gasteiger partial charge in [0.1, 0.15) is 11.6 Å². The van der Waals surface area contributed by atoms with E-state index in [0.29, 0.717) is 18.2 Å². The summed E-state index contributed by atoms with van der Waals surface area (Å²) in [6.07, 6.45) is 2.37. The van der Waals surface area contributed by atoms with Crippen molar-refractivity contribution < 1.29 is 9.18 Å². The van der Waals surface area contributed by atoms with Crippen LogP contribution >= 0.6 is 0 Å². The normalized spacial score (nSPS) is 15.9. The number of hydrogen-bond acceptors (Lipinski definition) is 4. The molecule has 1 aliphatic heterocycles. The van der Waals surface area contributed by atoms with Crippen molar-refractivity contribution in [1.29, 1.82) is 0 Å². The van der Waals surface area contributed by atoms with Gasteiger partial charge < -0.3 is 9.88 Å². The molecule has 0 bridgehead atoms. The van der Waals surface area contributed by atoms with E-state index in [1.807, 2.05) is 30.1 Å². The third-order valence-corrected chi connectivity index (χ3v) is 5.72. The number of carbonyl (C=O) groups is 1. The predicted molar refractivity (Wildman–Crippen MR) is 107 cm³/mol. The summed E-state index contributed by atoms with van der Waals surface area (Å²) in [4.78, 5) is 12.9. The molecule has 0 aliphatic carbocycles. The number of halogens is 1. The molecular weight excluding hydrogens is 371 g/mol. The molecule has 29 heavy (non-hydrogen) atoms. The van der Waals surface area contributed by atoms with E-state index in [4.69, 9.17) is 0 Å². The van der Waals surface area contributed by atoms with Crippen LogP contribution in [-0.2, 0) is 24.8 Å². The van der Waals surface area contributed by atoms with E-state index in [2.05, 4.69) is 20.6 Å². The summed E-state index contributed by atoms with van der Waals surface area (Å²) in [5, 5.41) is 16.1. The monoisotopic (exact) mass is 396 g/mol. The number of aryl methyl sites for hydroxylation is 2. The van der Waals surface area contributed by atoms with Crippen molar-refractivity contribution in [3.8, 4) is 11.4 Å². The predicted octanol–water partition coefficient (Wildman–Crippen LogP) is 2.67. The summed E-state index contributed by atoms with van der Waals surface area (Å²) >= 11 is 0. The van der Waals surface area contributed by atoms with Gasteiger partial charge in [0.15, 0.2) is 5.82 Å². The SMILES string of the molecule is Cc1nn(C)c(C)c1CCNC(=O)C1CCCn2c(-c3ccc(F)cc3)nnc21. The summed E-state index contributed by atoms with van der Waals surface area (Å²) < 4.78 is 17.1. The minimum Gasteiger partial charge on any atom is -0.355 e. The molecule has 0 radical (unpaired) electrons. The quantitative estimate of drug-likeness (QED) is 0.719. The third-order valence-electron chi connectivity index (χ3n) is 5.72. The van der Waals surface area contributed by atoms with Gasteiger partial charge >= 0.3 is 0 Å². The molecule has 0 saturated carbocycles. The number of benzene rings is 1. The van der Waals surface area contributed by atoms with E-state index < -0.39 is 0 Å². The van der Waals surface area contributed by atoms with Crippen LogP contribution in [0.2, 0.25) is 0 Å². The second-order valence-corrected chi connectivity index (χ2v) is 7.55. The van der Waals surface area contributed by atoms with Crippen LogP contribution in [0.5, 0.6) is 0 Å². The number of carbonyl (C=O) groups excluding carboxylic acids is 1. The van der Waals surface area contributed by atoms with Crippen molar-refractivity contribution in [3.63, 3.8) is 0 Å². The fraction of sp³-hybridized carbons (Fsp3) is 0.429. The average molecular weight is 396 g/mol. The number of rotatable bonds is 5. The average Bonchev–Trinajstić information content (AvgIpc) is 3.24. The molecular formula is C21H25FN6O. The molecule has 3 heterocycles. The molecule has 1 unspecified atom stereocenters. The lowest BCUT2D eigenvalue weighted by Crippen LogP contribution is -2.34. The first-order valence-electron chi connectivity index (χ1n) is 9.91. The van der Waals surface area contributed by atoms with Gasteiger partial charge in [-0.05, 0) is 62.9 Å². The Morgan fingerprint density at radius 2 is 2.00 bits per heavy atom. The van der Waals surface area contributed by atoms with E-state index >= 15 is 0 Å². The number of fused-ring (bicyclic) bond motifs is 1. The molecule has 1 N–H and O–H groups in total. The highest BCUT2D eigenvalue weighted by Gasteiger charge is 2.31. The molecule has 0 fully saturated rings. The van der Waals surface area contributed by atoms with Gasteiger partial charge in [0, 0.05) is 31.4 Å². The summed E-state index contributed by atoms with van der Waals surface area (Å²) in [6, 6.07) is 6.20.